The van der Waals surface area contributed by atoms with Crippen LogP contribution in [-0.4, -0.2) is 53.4 Å². The van der Waals surface area contributed by atoms with E-state index in [4.69, 9.17) is 21.4 Å². The lowest BCUT2D eigenvalue weighted by molar-refractivity contribution is -0.147. The van der Waals surface area contributed by atoms with Gasteiger partial charge in [0.05, 0.1) is 13.2 Å². The molecule has 124 valence electrons. The molecule has 1 aromatic rings. The number of halogens is 1. The highest BCUT2D eigenvalue weighted by molar-refractivity contribution is 6.31. The van der Waals surface area contributed by atoms with Crippen LogP contribution in [-0.2, 0) is 14.3 Å². The van der Waals surface area contributed by atoms with Gasteiger partial charge in [-0.1, -0.05) is 29.8 Å². The standard InChI is InChI=1S/C16H18ClNO5/c1-23-16(22)15(11-4-2-3-5-12(11)17)18-7-6-13(19)10(9-18)8-14(20)21/h2-5,8,13,15,19H,6-7,9H2,1H3,(H,20,21)/b10-8-. The zero-order chi connectivity index (χ0) is 17.0. The first kappa shape index (κ1) is 17.5. The number of ether oxygens (including phenoxy) is 1. The summed E-state index contributed by atoms with van der Waals surface area (Å²) >= 11 is 6.20. The van der Waals surface area contributed by atoms with Crippen molar-refractivity contribution in [1.82, 2.24) is 4.90 Å². The lowest BCUT2D eigenvalue weighted by Gasteiger charge is -2.36. The fraction of sp³-hybridized carbons (Fsp3) is 0.375. The summed E-state index contributed by atoms with van der Waals surface area (Å²) in [6.45, 7) is 0.571. The number of hydrogen-bond acceptors (Lipinski definition) is 5. The highest BCUT2D eigenvalue weighted by atomic mass is 35.5. The molecule has 0 saturated carbocycles. The molecule has 0 bridgehead atoms. The van der Waals surface area contributed by atoms with Gasteiger partial charge in [-0.25, -0.2) is 9.59 Å². The largest absolute Gasteiger partial charge is 0.478 e. The molecule has 0 spiro atoms. The van der Waals surface area contributed by atoms with Gasteiger partial charge in [-0.15, -0.1) is 0 Å². The SMILES string of the molecule is COC(=O)C(c1ccccc1Cl)N1CCC(O)/C(=C\C(=O)O)C1. The molecule has 2 N–H and O–H groups in total. The normalized spacial score (nSPS) is 21.9. The number of likely N-dealkylation sites (tertiary alicyclic amines) is 1. The molecule has 1 saturated heterocycles. The zero-order valence-corrected chi connectivity index (χ0v) is 13.4. The molecule has 0 aliphatic carbocycles. The summed E-state index contributed by atoms with van der Waals surface area (Å²) < 4.78 is 4.88. The molecule has 23 heavy (non-hydrogen) atoms. The van der Waals surface area contributed by atoms with Crippen molar-refractivity contribution in [3.05, 3.63) is 46.5 Å². The van der Waals surface area contributed by atoms with E-state index in [0.717, 1.165) is 6.08 Å². The third-order valence-electron chi connectivity index (χ3n) is 3.80. The van der Waals surface area contributed by atoms with E-state index >= 15 is 0 Å². The number of methoxy groups -OCH3 is 1. The average Bonchev–Trinajstić information content (AvgIpc) is 2.51. The second kappa shape index (κ2) is 7.59. The van der Waals surface area contributed by atoms with E-state index in [1.54, 1.807) is 29.2 Å². The minimum absolute atomic E-state index is 0.151. The van der Waals surface area contributed by atoms with Gasteiger partial charge >= 0.3 is 11.9 Å². The van der Waals surface area contributed by atoms with Crippen molar-refractivity contribution < 1.29 is 24.5 Å². The number of benzene rings is 1. The summed E-state index contributed by atoms with van der Waals surface area (Å²) in [6.07, 6.45) is 0.487. The van der Waals surface area contributed by atoms with E-state index in [-0.39, 0.29) is 6.54 Å². The molecule has 0 aromatic heterocycles. The second-order valence-electron chi connectivity index (χ2n) is 5.28. The van der Waals surface area contributed by atoms with Crippen LogP contribution in [0, 0.1) is 0 Å². The molecule has 0 radical (unpaired) electrons. The van der Waals surface area contributed by atoms with Gasteiger partial charge in [0.25, 0.3) is 0 Å². The number of hydrogen-bond donors (Lipinski definition) is 2. The minimum Gasteiger partial charge on any atom is -0.478 e. The fourth-order valence-electron chi connectivity index (χ4n) is 2.69. The Kier molecular flexibility index (Phi) is 5.76. The van der Waals surface area contributed by atoms with Crippen molar-refractivity contribution in [2.24, 2.45) is 0 Å². The van der Waals surface area contributed by atoms with Crippen LogP contribution in [0.5, 0.6) is 0 Å². The quantitative estimate of drug-likeness (QED) is 0.640. The van der Waals surface area contributed by atoms with Crippen molar-refractivity contribution in [3.8, 4) is 0 Å². The van der Waals surface area contributed by atoms with Crippen molar-refractivity contribution in [3.63, 3.8) is 0 Å². The Labute approximate surface area is 138 Å². The maximum Gasteiger partial charge on any atom is 0.328 e. The number of aliphatic hydroxyl groups is 1. The van der Waals surface area contributed by atoms with Gasteiger partial charge in [-0.2, -0.15) is 0 Å². The first-order valence-corrected chi connectivity index (χ1v) is 7.49. The van der Waals surface area contributed by atoms with Crippen LogP contribution in [0.2, 0.25) is 5.02 Å². The highest BCUT2D eigenvalue weighted by Crippen LogP contribution is 2.32. The molecule has 1 aromatic carbocycles. The van der Waals surface area contributed by atoms with Crippen molar-refractivity contribution in [2.45, 2.75) is 18.6 Å². The highest BCUT2D eigenvalue weighted by Gasteiger charge is 2.34. The summed E-state index contributed by atoms with van der Waals surface area (Å²) in [5.74, 6) is -1.61. The van der Waals surface area contributed by atoms with Crippen LogP contribution in [0.15, 0.2) is 35.9 Å². The van der Waals surface area contributed by atoms with Gasteiger partial charge in [0, 0.05) is 24.2 Å². The maximum atomic E-state index is 12.3. The summed E-state index contributed by atoms with van der Waals surface area (Å²) in [7, 11) is 1.29. The van der Waals surface area contributed by atoms with Crippen LogP contribution in [0.25, 0.3) is 0 Å². The summed E-state index contributed by atoms with van der Waals surface area (Å²) in [4.78, 5) is 24.9. The molecule has 1 heterocycles. The smallest absolute Gasteiger partial charge is 0.328 e. The Balaban J connectivity index is 2.35. The van der Waals surface area contributed by atoms with Gasteiger partial charge in [0.15, 0.2) is 0 Å². The number of aliphatic hydroxyl groups excluding tert-OH is 1. The van der Waals surface area contributed by atoms with Crippen LogP contribution in [0.4, 0.5) is 0 Å². The Hall–Kier alpha value is -1.89. The molecule has 0 amide bonds. The second-order valence-corrected chi connectivity index (χ2v) is 5.69. The van der Waals surface area contributed by atoms with Gasteiger partial charge in [0.2, 0.25) is 0 Å². The zero-order valence-electron chi connectivity index (χ0n) is 12.6. The molecule has 2 rings (SSSR count). The minimum atomic E-state index is -1.13. The molecular formula is C16H18ClNO5. The van der Waals surface area contributed by atoms with Gasteiger partial charge in [-0.3, -0.25) is 4.90 Å². The third kappa shape index (κ3) is 4.10. The lowest BCUT2D eigenvalue weighted by Crippen LogP contribution is -2.43. The molecule has 1 fully saturated rings. The predicted octanol–water partition coefficient (Wildman–Crippen LogP) is 1.63. The number of carbonyl (C=O) groups is 2. The number of carboxylic acid groups (broad SMARTS) is 1. The number of esters is 1. The van der Waals surface area contributed by atoms with Gasteiger partial charge < -0.3 is 14.9 Å². The molecule has 2 unspecified atom stereocenters. The Morgan fingerprint density at radius 3 is 2.74 bits per heavy atom. The number of carbonyl (C=O) groups excluding carboxylic acids is 1. The first-order chi connectivity index (χ1) is 10.9. The number of nitrogens with zero attached hydrogens (tertiary/aromatic N) is 1. The first-order valence-electron chi connectivity index (χ1n) is 7.11. The van der Waals surface area contributed by atoms with Crippen LogP contribution < -0.4 is 0 Å². The molecule has 6 nitrogen and oxygen atoms in total. The summed E-state index contributed by atoms with van der Waals surface area (Å²) in [5, 5.41) is 19.3. The van der Waals surface area contributed by atoms with E-state index in [1.165, 1.54) is 7.11 Å². The number of carboxylic acids is 1. The Morgan fingerprint density at radius 2 is 2.13 bits per heavy atom. The van der Waals surface area contributed by atoms with Crippen LogP contribution in [0.3, 0.4) is 0 Å². The molecule has 1 aliphatic heterocycles. The lowest BCUT2D eigenvalue weighted by atomic mass is 9.96. The van der Waals surface area contributed by atoms with E-state index in [0.29, 0.717) is 29.1 Å². The Morgan fingerprint density at radius 1 is 1.43 bits per heavy atom. The van der Waals surface area contributed by atoms with Gasteiger partial charge in [0.1, 0.15) is 6.04 Å². The van der Waals surface area contributed by atoms with Crippen molar-refractivity contribution >= 4 is 23.5 Å². The van der Waals surface area contributed by atoms with Crippen LogP contribution in [0.1, 0.15) is 18.0 Å². The summed E-state index contributed by atoms with van der Waals surface area (Å²) in [6, 6.07) is 6.19. The van der Waals surface area contributed by atoms with Gasteiger partial charge in [-0.05, 0) is 23.6 Å². The van der Waals surface area contributed by atoms with E-state index in [2.05, 4.69) is 0 Å². The molecule has 2 atom stereocenters. The average molecular weight is 340 g/mol. The van der Waals surface area contributed by atoms with E-state index in [1.807, 2.05) is 0 Å². The summed E-state index contributed by atoms with van der Waals surface area (Å²) in [5.41, 5.74) is 0.941. The Bertz CT molecular complexity index is 631. The fourth-order valence-corrected chi connectivity index (χ4v) is 2.93. The molecule has 1 aliphatic rings. The predicted molar refractivity (Wildman–Crippen MR) is 84.1 cm³/mol. The number of aliphatic carboxylic acids is 1. The number of piperidine rings is 1. The van der Waals surface area contributed by atoms with Crippen LogP contribution >= 0.6 is 11.6 Å². The van der Waals surface area contributed by atoms with Crippen molar-refractivity contribution in [2.75, 3.05) is 20.2 Å². The van der Waals surface area contributed by atoms with E-state index < -0.39 is 24.1 Å². The monoisotopic (exact) mass is 339 g/mol. The van der Waals surface area contributed by atoms with E-state index in [9.17, 15) is 14.7 Å². The maximum absolute atomic E-state index is 12.3. The number of rotatable bonds is 4. The van der Waals surface area contributed by atoms with Crippen molar-refractivity contribution in [1.29, 1.82) is 0 Å². The third-order valence-corrected chi connectivity index (χ3v) is 4.15. The molecular weight excluding hydrogens is 322 g/mol. The molecule has 7 heteroatoms. The topological polar surface area (TPSA) is 87.1 Å².